The van der Waals surface area contributed by atoms with Crippen LogP contribution in [0, 0.1) is 11.8 Å². The van der Waals surface area contributed by atoms with Crippen LogP contribution in [0.5, 0.6) is 5.75 Å². The molecule has 0 radical (unpaired) electrons. The second-order valence-corrected chi connectivity index (χ2v) is 4.02. The Balaban J connectivity index is 3.02. The van der Waals surface area contributed by atoms with Crippen molar-refractivity contribution in [3.05, 3.63) is 29.3 Å². The first-order valence-corrected chi connectivity index (χ1v) is 5.96. The molecule has 20 heavy (non-hydrogen) atoms. The average Bonchev–Trinajstić information content (AvgIpc) is 2.44. The lowest BCUT2D eigenvalue weighted by molar-refractivity contribution is -0.119. The number of carbonyl (C=O) groups excluding carboxylic acids is 2. The van der Waals surface area contributed by atoms with Gasteiger partial charge in [-0.25, -0.2) is 0 Å². The summed E-state index contributed by atoms with van der Waals surface area (Å²) < 4.78 is 5.15. The predicted molar refractivity (Wildman–Crippen MR) is 75.0 cm³/mol. The van der Waals surface area contributed by atoms with Gasteiger partial charge in [0.15, 0.2) is 0 Å². The third-order valence-electron chi connectivity index (χ3n) is 2.56. The van der Waals surface area contributed by atoms with Crippen molar-refractivity contribution in [2.24, 2.45) is 11.5 Å². The molecule has 0 heterocycles. The Labute approximate surface area is 117 Å². The van der Waals surface area contributed by atoms with E-state index in [2.05, 4.69) is 17.2 Å². The minimum Gasteiger partial charge on any atom is -0.495 e. The Morgan fingerprint density at radius 3 is 2.70 bits per heavy atom. The molecule has 0 bridgehead atoms. The number of rotatable bonds is 4. The topological polar surface area (TPSA) is 107 Å². The fourth-order valence-electron chi connectivity index (χ4n) is 1.44. The number of hydrogen-bond donors (Lipinski definition) is 3. The van der Waals surface area contributed by atoms with Crippen molar-refractivity contribution < 1.29 is 14.3 Å². The molecule has 0 saturated carbocycles. The smallest absolute Gasteiger partial charge is 0.251 e. The van der Waals surface area contributed by atoms with Crippen LogP contribution in [-0.2, 0) is 4.79 Å². The van der Waals surface area contributed by atoms with Crippen LogP contribution in [0.3, 0.4) is 0 Å². The maximum Gasteiger partial charge on any atom is 0.251 e. The van der Waals surface area contributed by atoms with E-state index in [1.54, 1.807) is 18.2 Å². The predicted octanol–water partition coefficient (Wildman–Crippen LogP) is -0.391. The fourth-order valence-corrected chi connectivity index (χ4v) is 1.44. The zero-order valence-corrected chi connectivity index (χ0v) is 11.4. The minimum absolute atomic E-state index is 0.207. The summed E-state index contributed by atoms with van der Waals surface area (Å²) in [7, 11) is 1.51. The summed E-state index contributed by atoms with van der Waals surface area (Å²) in [4.78, 5) is 22.9. The molecule has 1 aromatic carbocycles. The molecule has 0 spiro atoms. The molecule has 0 aromatic heterocycles. The van der Waals surface area contributed by atoms with Crippen molar-refractivity contribution in [1.29, 1.82) is 0 Å². The number of nitrogens with one attached hydrogen (secondary N) is 1. The van der Waals surface area contributed by atoms with Crippen molar-refractivity contribution >= 4 is 11.8 Å². The van der Waals surface area contributed by atoms with E-state index in [-0.39, 0.29) is 6.54 Å². The van der Waals surface area contributed by atoms with E-state index in [1.165, 1.54) is 14.0 Å². The molecule has 0 aliphatic rings. The lowest BCUT2D eigenvalue weighted by Gasteiger charge is -2.11. The molecule has 0 fully saturated rings. The third kappa shape index (κ3) is 4.00. The zero-order chi connectivity index (χ0) is 15.1. The maximum absolute atomic E-state index is 12.0. The molecule has 0 aliphatic heterocycles. The normalized spacial score (nSPS) is 10.9. The van der Waals surface area contributed by atoms with Gasteiger partial charge in [-0.1, -0.05) is 11.8 Å². The molecule has 1 atom stereocenters. The lowest BCUT2D eigenvalue weighted by Crippen LogP contribution is -2.42. The van der Waals surface area contributed by atoms with E-state index in [9.17, 15) is 9.59 Å². The summed E-state index contributed by atoms with van der Waals surface area (Å²) in [6.45, 7) is 1.72. The highest BCUT2D eigenvalue weighted by molar-refractivity contribution is 5.97. The highest BCUT2D eigenvalue weighted by Crippen LogP contribution is 2.18. The SMILES string of the molecule is COc1ccc(C(=O)NC(C)C(N)=O)cc1C#CCN. The highest BCUT2D eigenvalue weighted by Gasteiger charge is 2.14. The van der Waals surface area contributed by atoms with Gasteiger partial charge in [-0.05, 0) is 25.1 Å². The molecule has 1 rings (SSSR count). The number of hydrogen-bond acceptors (Lipinski definition) is 4. The molecule has 0 saturated heterocycles. The van der Waals surface area contributed by atoms with Gasteiger partial charge in [-0.15, -0.1) is 0 Å². The second-order valence-electron chi connectivity index (χ2n) is 4.02. The van der Waals surface area contributed by atoms with E-state index in [0.29, 0.717) is 16.9 Å². The number of benzene rings is 1. The van der Waals surface area contributed by atoms with Crippen molar-refractivity contribution in [2.75, 3.05) is 13.7 Å². The van der Waals surface area contributed by atoms with E-state index in [4.69, 9.17) is 16.2 Å². The van der Waals surface area contributed by atoms with Gasteiger partial charge in [0.1, 0.15) is 11.8 Å². The summed E-state index contributed by atoms with van der Waals surface area (Å²) in [5.41, 5.74) is 11.3. The van der Waals surface area contributed by atoms with Crippen LogP contribution < -0.4 is 21.5 Å². The Bertz CT molecular complexity index is 573. The van der Waals surface area contributed by atoms with Gasteiger partial charge in [0.05, 0.1) is 19.2 Å². The largest absolute Gasteiger partial charge is 0.495 e. The lowest BCUT2D eigenvalue weighted by atomic mass is 10.1. The molecular formula is C14H17N3O3. The van der Waals surface area contributed by atoms with Crippen LogP contribution in [0.15, 0.2) is 18.2 Å². The summed E-state index contributed by atoms with van der Waals surface area (Å²) in [5, 5.41) is 2.49. The van der Waals surface area contributed by atoms with Crippen LogP contribution in [0.25, 0.3) is 0 Å². The summed E-state index contributed by atoms with van der Waals surface area (Å²) in [5.74, 6) is 5.06. The molecule has 6 nitrogen and oxygen atoms in total. The quantitative estimate of drug-likeness (QED) is 0.650. The molecule has 0 aliphatic carbocycles. The standard InChI is InChI=1S/C14H17N3O3/c1-9(13(16)18)17-14(19)11-5-6-12(20-2)10(8-11)4-3-7-15/h5-6,8-9H,7,15H2,1-2H3,(H2,16,18)(H,17,19). The van der Waals surface area contributed by atoms with Crippen LogP contribution in [0.2, 0.25) is 0 Å². The van der Waals surface area contributed by atoms with E-state index >= 15 is 0 Å². The zero-order valence-electron chi connectivity index (χ0n) is 11.4. The average molecular weight is 275 g/mol. The van der Waals surface area contributed by atoms with Gasteiger partial charge in [-0.2, -0.15) is 0 Å². The van der Waals surface area contributed by atoms with Crippen LogP contribution in [-0.4, -0.2) is 31.5 Å². The fraction of sp³-hybridized carbons (Fsp3) is 0.286. The van der Waals surface area contributed by atoms with Gasteiger partial charge in [0, 0.05) is 5.56 Å². The van der Waals surface area contributed by atoms with E-state index in [0.717, 1.165) is 0 Å². The van der Waals surface area contributed by atoms with Crippen molar-refractivity contribution in [2.45, 2.75) is 13.0 Å². The molecule has 5 N–H and O–H groups in total. The number of carbonyl (C=O) groups is 2. The number of ether oxygens (including phenoxy) is 1. The van der Waals surface area contributed by atoms with Crippen molar-refractivity contribution in [3.63, 3.8) is 0 Å². The first-order valence-electron chi connectivity index (χ1n) is 5.96. The molecule has 6 heteroatoms. The Kier molecular flexibility index (Phi) is 5.56. The number of primary amides is 1. The highest BCUT2D eigenvalue weighted by atomic mass is 16.5. The van der Waals surface area contributed by atoms with Crippen molar-refractivity contribution in [3.8, 4) is 17.6 Å². The Morgan fingerprint density at radius 2 is 2.15 bits per heavy atom. The summed E-state index contributed by atoms with van der Waals surface area (Å²) in [6.07, 6.45) is 0. The minimum atomic E-state index is -0.747. The maximum atomic E-state index is 12.0. The third-order valence-corrected chi connectivity index (χ3v) is 2.56. The molecule has 2 amide bonds. The van der Waals surface area contributed by atoms with Gasteiger partial charge < -0.3 is 21.5 Å². The van der Waals surface area contributed by atoms with Crippen LogP contribution in [0.1, 0.15) is 22.8 Å². The molecule has 106 valence electrons. The van der Waals surface area contributed by atoms with Crippen LogP contribution >= 0.6 is 0 Å². The molecular weight excluding hydrogens is 258 g/mol. The molecule has 1 aromatic rings. The number of amides is 2. The Hall–Kier alpha value is -2.52. The summed E-state index contributed by atoms with van der Waals surface area (Å²) >= 11 is 0. The summed E-state index contributed by atoms with van der Waals surface area (Å²) in [6, 6.07) is 4.04. The Morgan fingerprint density at radius 1 is 1.45 bits per heavy atom. The van der Waals surface area contributed by atoms with Gasteiger partial charge in [0.2, 0.25) is 5.91 Å². The van der Waals surface area contributed by atoms with E-state index in [1.807, 2.05) is 0 Å². The van der Waals surface area contributed by atoms with E-state index < -0.39 is 17.9 Å². The van der Waals surface area contributed by atoms with Gasteiger partial charge >= 0.3 is 0 Å². The monoisotopic (exact) mass is 275 g/mol. The van der Waals surface area contributed by atoms with Crippen molar-refractivity contribution in [1.82, 2.24) is 5.32 Å². The first-order chi connectivity index (χ1) is 9.49. The number of methoxy groups -OCH3 is 1. The second kappa shape index (κ2) is 7.16. The van der Waals surface area contributed by atoms with Gasteiger partial charge in [-0.3, -0.25) is 9.59 Å². The molecule has 1 unspecified atom stereocenters. The first kappa shape index (κ1) is 15.5. The number of nitrogens with two attached hydrogens (primary N) is 2. The van der Waals surface area contributed by atoms with Crippen LogP contribution in [0.4, 0.5) is 0 Å². The van der Waals surface area contributed by atoms with Gasteiger partial charge in [0.25, 0.3) is 5.91 Å².